The zero-order valence-corrected chi connectivity index (χ0v) is 18.3. The van der Waals surface area contributed by atoms with E-state index < -0.39 is 12.2 Å². The van der Waals surface area contributed by atoms with Crippen molar-refractivity contribution >= 4 is 5.78 Å². The number of hydrogen-bond donors (Lipinski definition) is 2. The molecule has 0 aliphatic heterocycles. The molecule has 2 aliphatic carbocycles. The van der Waals surface area contributed by atoms with Gasteiger partial charge in [0.25, 0.3) is 0 Å². The van der Waals surface area contributed by atoms with Crippen LogP contribution in [0.25, 0.3) is 0 Å². The summed E-state index contributed by atoms with van der Waals surface area (Å²) in [6.07, 6.45) is 6.59. The van der Waals surface area contributed by atoms with Gasteiger partial charge in [0, 0.05) is 18.8 Å². The largest absolute Gasteiger partial charge is 0.392 e. The Labute approximate surface area is 176 Å². The quantitative estimate of drug-likeness (QED) is 0.639. The van der Waals surface area contributed by atoms with E-state index in [0.29, 0.717) is 36.5 Å². The Balaban J connectivity index is 1.83. The summed E-state index contributed by atoms with van der Waals surface area (Å²) < 4.78 is 0. The lowest BCUT2D eigenvalue weighted by atomic mass is 9.64. The topological polar surface area (TPSA) is 57.5 Å². The first-order valence-electron chi connectivity index (χ1n) is 11.5. The van der Waals surface area contributed by atoms with Crippen molar-refractivity contribution in [2.24, 2.45) is 29.6 Å². The normalized spacial score (nSPS) is 32.0. The van der Waals surface area contributed by atoms with Crippen molar-refractivity contribution in [3.8, 4) is 0 Å². The molecule has 2 aliphatic rings. The summed E-state index contributed by atoms with van der Waals surface area (Å²) in [6, 6.07) is 10.2. The van der Waals surface area contributed by atoms with Gasteiger partial charge in [-0.3, -0.25) is 4.79 Å². The smallest absolute Gasteiger partial charge is 0.136 e. The highest BCUT2D eigenvalue weighted by Gasteiger charge is 2.41. The third-order valence-corrected chi connectivity index (χ3v) is 7.18. The van der Waals surface area contributed by atoms with Crippen LogP contribution in [-0.4, -0.2) is 28.2 Å². The SMILES string of the molecule is CC(C)C1CC[C@@H](C)C[C@H]1/C(=C\[C@@H](O)CCc1ccccc1)[C@H]1CC(=O)CC1O. The summed E-state index contributed by atoms with van der Waals surface area (Å²) in [6.45, 7) is 6.88. The summed E-state index contributed by atoms with van der Waals surface area (Å²) in [4.78, 5) is 12.1. The fourth-order valence-corrected chi connectivity index (χ4v) is 5.55. The van der Waals surface area contributed by atoms with Crippen molar-refractivity contribution in [2.75, 3.05) is 0 Å². The van der Waals surface area contributed by atoms with E-state index in [-0.39, 0.29) is 18.1 Å². The molecule has 160 valence electrons. The van der Waals surface area contributed by atoms with Gasteiger partial charge < -0.3 is 10.2 Å². The molecule has 1 aromatic rings. The number of carbonyl (C=O) groups is 1. The molecule has 0 radical (unpaired) electrons. The maximum Gasteiger partial charge on any atom is 0.136 e. The minimum absolute atomic E-state index is 0.120. The van der Waals surface area contributed by atoms with E-state index in [9.17, 15) is 15.0 Å². The highest BCUT2D eigenvalue weighted by atomic mass is 16.3. The third-order valence-electron chi connectivity index (χ3n) is 7.18. The van der Waals surface area contributed by atoms with E-state index >= 15 is 0 Å². The van der Waals surface area contributed by atoms with Gasteiger partial charge in [0.2, 0.25) is 0 Å². The molecule has 2 unspecified atom stereocenters. The molecule has 2 fully saturated rings. The van der Waals surface area contributed by atoms with Crippen LogP contribution in [0.1, 0.15) is 64.9 Å². The molecule has 3 nitrogen and oxygen atoms in total. The molecule has 0 spiro atoms. The summed E-state index contributed by atoms with van der Waals surface area (Å²) in [5.41, 5.74) is 2.39. The number of aliphatic hydroxyl groups is 2. The first-order valence-corrected chi connectivity index (χ1v) is 11.5. The molecule has 0 saturated heterocycles. The van der Waals surface area contributed by atoms with Gasteiger partial charge in [-0.2, -0.15) is 0 Å². The molecule has 3 rings (SSSR count). The zero-order valence-electron chi connectivity index (χ0n) is 18.3. The van der Waals surface area contributed by atoms with E-state index in [4.69, 9.17) is 0 Å². The van der Waals surface area contributed by atoms with Gasteiger partial charge in [0.05, 0.1) is 12.2 Å². The summed E-state index contributed by atoms with van der Waals surface area (Å²) >= 11 is 0. The van der Waals surface area contributed by atoms with Crippen molar-refractivity contribution in [1.29, 1.82) is 0 Å². The highest BCUT2D eigenvalue weighted by Crippen LogP contribution is 2.46. The molecular formula is C26H38O3. The number of aryl methyl sites for hydroxylation is 1. The maximum atomic E-state index is 12.1. The number of hydrogen-bond acceptors (Lipinski definition) is 3. The van der Waals surface area contributed by atoms with Crippen LogP contribution >= 0.6 is 0 Å². The van der Waals surface area contributed by atoms with Crippen LogP contribution in [0.5, 0.6) is 0 Å². The van der Waals surface area contributed by atoms with Crippen molar-refractivity contribution in [3.63, 3.8) is 0 Å². The second-order valence-electron chi connectivity index (χ2n) is 9.81. The van der Waals surface area contributed by atoms with Crippen molar-refractivity contribution < 1.29 is 15.0 Å². The molecule has 2 saturated carbocycles. The molecule has 1 aromatic carbocycles. The summed E-state index contributed by atoms with van der Waals surface area (Å²) in [5.74, 6) is 2.15. The van der Waals surface area contributed by atoms with Crippen LogP contribution in [0.3, 0.4) is 0 Å². The van der Waals surface area contributed by atoms with Crippen LogP contribution in [0.2, 0.25) is 0 Å². The van der Waals surface area contributed by atoms with E-state index in [2.05, 4.69) is 32.9 Å². The minimum atomic E-state index is -0.597. The Hall–Kier alpha value is -1.45. The molecular weight excluding hydrogens is 360 g/mol. The van der Waals surface area contributed by atoms with Crippen LogP contribution in [-0.2, 0) is 11.2 Å². The molecule has 0 aromatic heterocycles. The van der Waals surface area contributed by atoms with Crippen LogP contribution in [0, 0.1) is 29.6 Å². The van der Waals surface area contributed by atoms with Crippen molar-refractivity contribution in [1.82, 2.24) is 0 Å². The second kappa shape index (κ2) is 10.0. The molecule has 0 bridgehead atoms. The first-order chi connectivity index (χ1) is 13.8. The average Bonchev–Trinajstić information content (AvgIpc) is 3.02. The Morgan fingerprint density at radius 2 is 1.86 bits per heavy atom. The van der Waals surface area contributed by atoms with Crippen LogP contribution in [0.15, 0.2) is 42.0 Å². The van der Waals surface area contributed by atoms with Gasteiger partial charge in [0.15, 0.2) is 0 Å². The second-order valence-corrected chi connectivity index (χ2v) is 9.81. The number of benzene rings is 1. The molecule has 0 amide bonds. The maximum absolute atomic E-state index is 12.1. The number of carbonyl (C=O) groups excluding carboxylic acids is 1. The number of Topliss-reactive ketones (excluding diaryl/α,β-unsaturated/α-hetero) is 1. The lowest BCUT2D eigenvalue weighted by molar-refractivity contribution is -0.117. The van der Waals surface area contributed by atoms with Gasteiger partial charge >= 0.3 is 0 Å². The Kier molecular flexibility index (Phi) is 7.70. The van der Waals surface area contributed by atoms with Gasteiger partial charge in [-0.25, -0.2) is 0 Å². The van der Waals surface area contributed by atoms with E-state index in [1.807, 2.05) is 24.3 Å². The molecule has 3 heteroatoms. The fraction of sp³-hybridized carbons (Fsp3) is 0.654. The molecule has 0 heterocycles. The Morgan fingerprint density at radius 1 is 1.14 bits per heavy atom. The predicted octanol–water partition coefficient (Wildman–Crippen LogP) is 4.95. The van der Waals surface area contributed by atoms with E-state index in [1.165, 1.54) is 18.4 Å². The highest BCUT2D eigenvalue weighted by molar-refractivity contribution is 5.82. The van der Waals surface area contributed by atoms with Gasteiger partial charge in [0.1, 0.15) is 5.78 Å². The molecule has 2 N–H and O–H groups in total. The van der Waals surface area contributed by atoms with Gasteiger partial charge in [-0.15, -0.1) is 0 Å². The zero-order chi connectivity index (χ0) is 21.0. The Bertz CT molecular complexity index is 693. The number of rotatable bonds is 7. The van der Waals surface area contributed by atoms with Crippen LogP contribution < -0.4 is 0 Å². The van der Waals surface area contributed by atoms with Crippen molar-refractivity contribution in [2.45, 2.75) is 77.9 Å². The van der Waals surface area contributed by atoms with Gasteiger partial charge in [-0.05, 0) is 54.9 Å². The van der Waals surface area contributed by atoms with E-state index in [0.717, 1.165) is 18.4 Å². The molecule has 29 heavy (non-hydrogen) atoms. The lowest BCUT2D eigenvalue weighted by Gasteiger charge is -2.41. The third kappa shape index (κ3) is 5.79. The first kappa shape index (κ1) is 22.2. The number of ketones is 1. The summed E-state index contributed by atoms with van der Waals surface area (Å²) in [5, 5.41) is 21.5. The lowest BCUT2D eigenvalue weighted by Crippen LogP contribution is -2.33. The Morgan fingerprint density at radius 3 is 2.48 bits per heavy atom. The van der Waals surface area contributed by atoms with E-state index in [1.54, 1.807) is 0 Å². The molecule has 6 atom stereocenters. The van der Waals surface area contributed by atoms with Gasteiger partial charge in [-0.1, -0.05) is 69.2 Å². The van der Waals surface area contributed by atoms with Crippen LogP contribution in [0.4, 0.5) is 0 Å². The monoisotopic (exact) mass is 398 g/mol. The standard InChI is InChI=1S/C26H38O3/c1-17(2)22-12-9-18(3)13-23(22)24(25-15-21(28)16-26(25)29)14-20(27)11-10-19-7-5-4-6-8-19/h4-8,14,17-18,20,22-23,25-27,29H,9-13,15-16H2,1-3H3/b24-14+/t18-,20+,22?,23-,25-,26?/m1/s1. The average molecular weight is 399 g/mol. The minimum Gasteiger partial charge on any atom is -0.392 e. The fourth-order valence-electron chi connectivity index (χ4n) is 5.55. The van der Waals surface area contributed by atoms with Crippen molar-refractivity contribution in [3.05, 3.63) is 47.5 Å². The number of aliphatic hydroxyl groups excluding tert-OH is 2. The predicted molar refractivity (Wildman–Crippen MR) is 117 cm³/mol. The summed E-state index contributed by atoms with van der Waals surface area (Å²) in [7, 11) is 0.